The number of carbonyl (C=O) groups is 1. The summed E-state index contributed by atoms with van der Waals surface area (Å²) in [5.74, 6) is -0.144. The third kappa shape index (κ3) is 4.96. The second kappa shape index (κ2) is 9.46. The van der Waals surface area contributed by atoms with E-state index in [4.69, 9.17) is 23.2 Å². The maximum atomic E-state index is 13.1. The van der Waals surface area contributed by atoms with Crippen molar-refractivity contribution in [3.63, 3.8) is 0 Å². The van der Waals surface area contributed by atoms with Crippen LogP contribution in [0.4, 0.5) is 5.69 Å². The molecule has 0 saturated carbocycles. The molecule has 0 radical (unpaired) electrons. The Morgan fingerprint density at radius 3 is 2.43 bits per heavy atom. The first kappa shape index (κ1) is 23.6. The number of amides is 1. The van der Waals surface area contributed by atoms with Crippen LogP contribution in [0.15, 0.2) is 75.4 Å². The minimum Gasteiger partial charge on any atom is -0.320 e. The Morgan fingerprint density at radius 2 is 1.74 bits per heavy atom. The number of carbonyl (C=O) groups excluding carboxylic acids is 1. The Balaban J connectivity index is 1.41. The van der Waals surface area contributed by atoms with Crippen LogP contribution in [0, 0.1) is 0 Å². The Labute approximate surface area is 214 Å². The van der Waals surface area contributed by atoms with Gasteiger partial charge in [0.2, 0.25) is 5.82 Å². The van der Waals surface area contributed by atoms with E-state index in [1.807, 2.05) is 24.3 Å². The Bertz CT molecular complexity index is 1550. The molecule has 4 aromatic rings. The Hall–Kier alpha value is -3.18. The number of nitrogens with zero attached hydrogens (tertiary/aromatic N) is 3. The van der Waals surface area contributed by atoms with E-state index in [9.17, 15) is 13.2 Å². The van der Waals surface area contributed by atoms with Crippen LogP contribution in [0.25, 0.3) is 17.5 Å². The number of H-pyrrole nitrogens is 1. The summed E-state index contributed by atoms with van der Waals surface area (Å²) >= 11 is 13.5. The smallest absolute Gasteiger partial charge is 0.262 e. The Kier molecular flexibility index (Phi) is 6.37. The lowest BCUT2D eigenvalue weighted by Gasteiger charge is -2.19. The number of nitrogens with one attached hydrogen (secondary N) is 2. The average Bonchev–Trinajstić information content (AvgIpc) is 3.37. The van der Waals surface area contributed by atoms with Crippen molar-refractivity contribution in [2.45, 2.75) is 15.5 Å². The number of thioether (sulfide) groups is 1. The molecule has 0 bridgehead atoms. The van der Waals surface area contributed by atoms with Gasteiger partial charge in [0.05, 0.1) is 21.2 Å². The number of anilines is 1. The molecule has 1 aliphatic rings. The highest BCUT2D eigenvalue weighted by Crippen LogP contribution is 2.41. The van der Waals surface area contributed by atoms with Gasteiger partial charge in [-0.3, -0.25) is 4.79 Å². The molecule has 1 aliphatic heterocycles. The third-order valence-corrected chi connectivity index (χ3v) is 8.64. The molecule has 0 aliphatic carbocycles. The number of fused-ring (bicyclic) bond motifs is 1. The molecule has 2 heterocycles. The fourth-order valence-electron chi connectivity index (χ4n) is 3.44. The maximum absolute atomic E-state index is 13.1. The van der Waals surface area contributed by atoms with Crippen molar-refractivity contribution in [2.75, 3.05) is 5.32 Å². The molecule has 176 valence electrons. The molecule has 3 aromatic carbocycles. The highest BCUT2D eigenvalue weighted by molar-refractivity contribution is 8.04. The zero-order valence-electron chi connectivity index (χ0n) is 17.7. The summed E-state index contributed by atoms with van der Waals surface area (Å²) in [6, 6.07) is 16.8. The topological polar surface area (TPSA) is 118 Å². The number of benzene rings is 3. The van der Waals surface area contributed by atoms with Crippen molar-refractivity contribution in [1.29, 1.82) is 0 Å². The van der Waals surface area contributed by atoms with Crippen LogP contribution in [-0.4, -0.2) is 34.9 Å². The van der Waals surface area contributed by atoms with Gasteiger partial charge in [-0.25, -0.2) is 8.42 Å². The van der Waals surface area contributed by atoms with Gasteiger partial charge in [-0.2, -0.15) is 5.21 Å². The van der Waals surface area contributed by atoms with Crippen molar-refractivity contribution in [2.24, 2.45) is 0 Å². The quantitative estimate of drug-likeness (QED) is 0.330. The summed E-state index contributed by atoms with van der Waals surface area (Å²) in [7, 11) is -3.74. The molecule has 2 N–H and O–H groups in total. The van der Waals surface area contributed by atoms with Gasteiger partial charge in [0, 0.05) is 26.1 Å². The molecule has 0 saturated heterocycles. The molecule has 0 atom stereocenters. The van der Waals surface area contributed by atoms with Gasteiger partial charge < -0.3 is 5.32 Å². The number of rotatable bonds is 5. The van der Waals surface area contributed by atoms with Crippen LogP contribution < -0.4 is 5.32 Å². The number of hydrogen-bond acceptors (Lipinski definition) is 7. The van der Waals surface area contributed by atoms with E-state index in [1.54, 1.807) is 36.4 Å². The predicted molar refractivity (Wildman–Crippen MR) is 136 cm³/mol. The van der Waals surface area contributed by atoms with Crippen LogP contribution in [0.1, 0.15) is 11.1 Å². The van der Waals surface area contributed by atoms with E-state index < -0.39 is 9.84 Å². The molecule has 8 nitrogen and oxygen atoms in total. The van der Waals surface area contributed by atoms with Gasteiger partial charge in [0.1, 0.15) is 0 Å². The number of hydrogen-bond donors (Lipinski definition) is 2. The van der Waals surface area contributed by atoms with Crippen molar-refractivity contribution >= 4 is 62.5 Å². The highest BCUT2D eigenvalue weighted by Gasteiger charge is 2.25. The van der Waals surface area contributed by atoms with Gasteiger partial charge in [0.15, 0.2) is 9.84 Å². The molecule has 0 unspecified atom stereocenters. The zero-order valence-corrected chi connectivity index (χ0v) is 20.8. The molecule has 12 heteroatoms. The molecule has 0 fully saturated rings. The fourth-order valence-corrected chi connectivity index (χ4v) is 6.62. The van der Waals surface area contributed by atoms with Gasteiger partial charge in [0.25, 0.3) is 5.91 Å². The first-order chi connectivity index (χ1) is 16.8. The summed E-state index contributed by atoms with van der Waals surface area (Å²) in [5.41, 5.74) is 2.45. The number of tetrazole rings is 1. The highest BCUT2D eigenvalue weighted by atomic mass is 35.5. The lowest BCUT2D eigenvalue weighted by molar-refractivity contribution is -0.112. The first-order valence-corrected chi connectivity index (χ1v) is 13.4. The number of aromatic amines is 1. The van der Waals surface area contributed by atoms with Crippen LogP contribution in [0.5, 0.6) is 0 Å². The van der Waals surface area contributed by atoms with E-state index in [-0.39, 0.29) is 26.6 Å². The van der Waals surface area contributed by atoms with Crippen molar-refractivity contribution in [3.8, 4) is 11.4 Å². The van der Waals surface area contributed by atoms with Gasteiger partial charge in [-0.15, -0.1) is 10.2 Å². The second-order valence-electron chi connectivity index (χ2n) is 7.54. The van der Waals surface area contributed by atoms with Crippen molar-refractivity contribution < 1.29 is 13.2 Å². The summed E-state index contributed by atoms with van der Waals surface area (Å²) in [6.45, 7) is 0. The normalized spacial score (nSPS) is 14.6. The molecule has 0 spiro atoms. The molecule has 1 amide bonds. The fraction of sp³-hybridized carbons (Fsp3) is 0.0435. The van der Waals surface area contributed by atoms with Crippen molar-refractivity contribution in [1.82, 2.24) is 20.6 Å². The molecule has 1 aromatic heterocycles. The van der Waals surface area contributed by atoms with Gasteiger partial charge in [-0.05, 0) is 47.2 Å². The summed E-state index contributed by atoms with van der Waals surface area (Å²) in [4.78, 5) is 13.8. The summed E-state index contributed by atoms with van der Waals surface area (Å²) < 4.78 is 26.2. The van der Waals surface area contributed by atoms with E-state index in [0.717, 1.165) is 11.1 Å². The van der Waals surface area contributed by atoms with Crippen molar-refractivity contribution in [3.05, 3.63) is 86.7 Å². The minimum atomic E-state index is -3.74. The van der Waals surface area contributed by atoms with Crippen LogP contribution in [0.2, 0.25) is 10.0 Å². The Morgan fingerprint density at radius 1 is 1.00 bits per heavy atom. The van der Waals surface area contributed by atoms with Crippen LogP contribution >= 0.6 is 35.0 Å². The lowest BCUT2D eigenvalue weighted by Crippen LogP contribution is -2.17. The summed E-state index contributed by atoms with van der Waals surface area (Å²) in [6.07, 6.45) is 1.73. The van der Waals surface area contributed by atoms with Gasteiger partial charge >= 0.3 is 0 Å². The van der Waals surface area contributed by atoms with E-state index >= 15 is 0 Å². The lowest BCUT2D eigenvalue weighted by atomic mass is 10.1. The number of halogens is 2. The number of aromatic nitrogens is 4. The third-order valence-electron chi connectivity index (χ3n) is 5.21. The van der Waals surface area contributed by atoms with Gasteiger partial charge in [-0.1, -0.05) is 65.3 Å². The average molecular weight is 544 g/mol. The molecular weight excluding hydrogens is 529 g/mol. The monoisotopic (exact) mass is 543 g/mol. The molecular formula is C23H15Cl2N5O3S2. The van der Waals surface area contributed by atoms with E-state index in [1.165, 1.54) is 17.8 Å². The largest absolute Gasteiger partial charge is 0.320 e. The minimum absolute atomic E-state index is 0.111. The van der Waals surface area contributed by atoms with E-state index in [2.05, 4.69) is 25.9 Å². The SMILES string of the molecule is O=C1Nc2ccc(S(=O)(=O)Cc3c(Cl)cccc3Cl)cc2S/C1=C/c1ccc(-c2nn[nH]n2)cc1. The zero-order chi connectivity index (χ0) is 24.6. The maximum Gasteiger partial charge on any atom is 0.262 e. The van der Waals surface area contributed by atoms with Crippen LogP contribution in [-0.2, 0) is 20.4 Å². The second-order valence-corrected chi connectivity index (χ2v) is 11.4. The molecule has 35 heavy (non-hydrogen) atoms. The summed E-state index contributed by atoms with van der Waals surface area (Å²) in [5, 5.41) is 17.2. The molecule has 5 rings (SSSR count). The standard InChI is InChI=1S/C23H15Cl2N5O3S2/c24-17-2-1-3-18(25)16(17)12-35(32,33)15-8-9-19-20(11-15)34-21(23(31)26-19)10-13-4-6-14(7-5-13)22-27-29-30-28-22/h1-11H,12H2,(H,26,31)(H,27,28,29,30)/b21-10+. The number of sulfone groups is 1. The first-order valence-electron chi connectivity index (χ1n) is 10.1. The predicted octanol–water partition coefficient (Wildman–Crippen LogP) is 5.23. The van der Waals surface area contributed by atoms with Crippen LogP contribution in [0.3, 0.4) is 0 Å². The van der Waals surface area contributed by atoms with E-state index in [0.29, 0.717) is 26.9 Å².